The highest BCUT2D eigenvalue weighted by Crippen LogP contribution is 2.35. The lowest BCUT2D eigenvalue weighted by Crippen LogP contribution is -2.41. The average Bonchev–Trinajstić information content (AvgIpc) is 2.66. The molecule has 2 amide bonds. The number of amides is 2. The average molecular weight is 370 g/mol. The van der Waals surface area contributed by atoms with E-state index in [1.54, 1.807) is 61.3 Å². The van der Waals surface area contributed by atoms with E-state index >= 15 is 0 Å². The van der Waals surface area contributed by atoms with Crippen LogP contribution in [0.25, 0.3) is 0 Å². The lowest BCUT2D eigenvalue weighted by Gasteiger charge is -2.30. The largest absolute Gasteiger partial charge is 0.494 e. The molecule has 1 atom stereocenters. The Bertz CT molecular complexity index is 835. The number of nitrogens with zero attached hydrogens (tertiary/aromatic N) is 1. The maximum atomic E-state index is 12.1. The van der Waals surface area contributed by atoms with Gasteiger partial charge in [0.2, 0.25) is 0 Å². The highest BCUT2D eigenvalue weighted by molar-refractivity contribution is 6.00. The Labute approximate surface area is 157 Å². The molecule has 2 aromatic carbocycles. The van der Waals surface area contributed by atoms with Gasteiger partial charge in [-0.1, -0.05) is 0 Å². The number of likely N-dealkylation sites (N-methyl/N-ethyl adjacent to an activating group) is 1. The fraction of sp³-hybridized carbons (Fsp3) is 0.300. The van der Waals surface area contributed by atoms with Gasteiger partial charge in [0.15, 0.2) is 12.7 Å². The molecule has 3 rings (SSSR count). The number of benzene rings is 2. The number of hydrogen-bond acceptors (Lipinski definition) is 5. The fourth-order valence-corrected chi connectivity index (χ4v) is 2.74. The van der Waals surface area contributed by atoms with Gasteiger partial charge in [-0.15, -0.1) is 0 Å². The molecule has 0 saturated heterocycles. The van der Waals surface area contributed by atoms with Crippen LogP contribution in [0.2, 0.25) is 0 Å². The van der Waals surface area contributed by atoms with Crippen molar-refractivity contribution in [3.63, 3.8) is 0 Å². The van der Waals surface area contributed by atoms with Gasteiger partial charge in [0.05, 0.1) is 12.3 Å². The molecule has 1 heterocycles. The number of fused-ring (bicyclic) bond motifs is 1. The van der Waals surface area contributed by atoms with Gasteiger partial charge in [0.1, 0.15) is 17.2 Å². The third kappa shape index (κ3) is 4.31. The van der Waals surface area contributed by atoms with Crippen LogP contribution in [0.3, 0.4) is 0 Å². The summed E-state index contributed by atoms with van der Waals surface area (Å²) in [5.41, 5.74) is 1.24. The first kappa shape index (κ1) is 18.6. The van der Waals surface area contributed by atoms with Gasteiger partial charge < -0.3 is 24.4 Å². The second kappa shape index (κ2) is 7.99. The van der Waals surface area contributed by atoms with Gasteiger partial charge in [-0.2, -0.15) is 0 Å². The topological polar surface area (TPSA) is 77.1 Å². The summed E-state index contributed by atoms with van der Waals surface area (Å²) >= 11 is 0. The van der Waals surface area contributed by atoms with E-state index in [1.165, 1.54) is 0 Å². The smallest absolute Gasteiger partial charge is 0.267 e. The van der Waals surface area contributed by atoms with E-state index in [0.29, 0.717) is 29.5 Å². The van der Waals surface area contributed by atoms with E-state index in [2.05, 4.69) is 5.32 Å². The van der Waals surface area contributed by atoms with Crippen LogP contribution >= 0.6 is 0 Å². The molecule has 0 fully saturated rings. The molecule has 0 saturated carbocycles. The Kier molecular flexibility index (Phi) is 5.49. The fourth-order valence-electron chi connectivity index (χ4n) is 2.74. The van der Waals surface area contributed by atoms with Crippen molar-refractivity contribution < 1.29 is 23.8 Å². The Hall–Kier alpha value is -3.22. The summed E-state index contributed by atoms with van der Waals surface area (Å²) < 4.78 is 16.5. The molecule has 7 heteroatoms. The summed E-state index contributed by atoms with van der Waals surface area (Å²) in [6, 6.07) is 12.2. The van der Waals surface area contributed by atoms with Gasteiger partial charge in [0.25, 0.3) is 11.8 Å². The molecular weight excluding hydrogens is 348 g/mol. The van der Waals surface area contributed by atoms with Crippen LogP contribution in [-0.2, 0) is 9.59 Å². The first-order valence-electron chi connectivity index (χ1n) is 8.71. The minimum atomic E-state index is -0.559. The zero-order chi connectivity index (χ0) is 19.4. The van der Waals surface area contributed by atoms with Crippen LogP contribution < -0.4 is 24.4 Å². The molecule has 0 aliphatic carbocycles. The van der Waals surface area contributed by atoms with Gasteiger partial charge in [-0.3, -0.25) is 9.59 Å². The molecular formula is C20H22N2O5. The number of hydrogen-bond donors (Lipinski definition) is 1. The quantitative estimate of drug-likeness (QED) is 0.846. The molecule has 1 aliphatic heterocycles. The Morgan fingerprint density at radius 1 is 1.15 bits per heavy atom. The van der Waals surface area contributed by atoms with E-state index in [0.717, 1.165) is 5.75 Å². The summed E-state index contributed by atoms with van der Waals surface area (Å²) in [6.07, 6.45) is -0.559. The van der Waals surface area contributed by atoms with E-state index in [9.17, 15) is 9.59 Å². The number of nitrogens with one attached hydrogen (secondary N) is 1. The number of carbonyl (C=O) groups is 2. The van der Waals surface area contributed by atoms with Crippen molar-refractivity contribution in [2.24, 2.45) is 0 Å². The maximum absolute atomic E-state index is 12.1. The van der Waals surface area contributed by atoms with Crippen LogP contribution in [-0.4, -0.2) is 38.2 Å². The Balaban J connectivity index is 1.58. The second-order valence-electron chi connectivity index (χ2n) is 6.08. The van der Waals surface area contributed by atoms with E-state index in [1.807, 2.05) is 6.92 Å². The lowest BCUT2D eigenvalue weighted by atomic mass is 10.2. The Morgan fingerprint density at radius 3 is 2.48 bits per heavy atom. The standard InChI is InChI=1S/C20H22N2O5/c1-4-25-15-6-8-16(9-7-15)26-12-19(23)21-14-5-10-17-18(11-14)27-13(2)20(24)22(17)3/h5-11,13H,4,12H2,1-3H3,(H,21,23). The third-order valence-corrected chi connectivity index (χ3v) is 4.09. The van der Waals surface area contributed by atoms with Crippen molar-refractivity contribution in [1.29, 1.82) is 0 Å². The summed E-state index contributed by atoms with van der Waals surface area (Å²) in [7, 11) is 1.70. The van der Waals surface area contributed by atoms with Crippen molar-refractivity contribution in [1.82, 2.24) is 0 Å². The van der Waals surface area contributed by atoms with Crippen LogP contribution in [0.15, 0.2) is 42.5 Å². The van der Waals surface area contributed by atoms with Crippen molar-refractivity contribution in [2.75, 3.05) is 30.5 Å². The summed E-state index contributed by atoms with van der Waals surface area (Å²) in [5.74, 6) is 1.48. The van der Waals surface area contributed by atoms with E-state index < -0.39 is 6.10 Å². The summed E-state index contributed by atoms with van der Waals surface area (Å²) in [4.78, 5) is 25.6. The molecule has 27 heavy (non-hydrogen) atoms. The van der Waals surface area contributed by atoms with E-state index in [-0.39, 0.29) is 18.4 Å². The highest BCUT2D eigenvalue weighted by atomic mass is 16.5. The molecule has 0 spiro atoms. The van der Waals surface area contributed by atoms with Gasteiger partial charge in [-0.05, 0) is 50.2 Å². The monoisotopic (exact) mass is 370 g/mol. The molecule has 7 nitrogen and oxygen atoms in total. The predicted octanol–water partition coefficient (Wildman–Crippen LogP) is 2.85. The highest BCUT2D eigenvalue weighted by Gasteiger charge is 2.28. The first-order chi connectivity index (χ1) is 13.0. The van der Waals surface area contributed by atoms with Gasteiger partial charge >= 0.3 is 0 Å². The van der Waals surface area contributed by atoms with Crippen LogP contribution in [0.4, 0.5) is 11.4 Å². The molecule has 1 N–H and O–H groups in total. The maximum Gasteiger partial charge on any atom is 0.267 e. The second-order valence-corrected chi connectivity index (χ2v) is 6.08. The number of rotatable bonds is 6. The number of anilines is 2. The summed E-state index contributed by atoms with van der Waals surface area (Å²) in [5, 5.41) is 2.76. The van der Waals surface area contributed by atoms with Crippen LogP contribution in [0.1, 0.15) is 13.8 Å². The number of ether oxygens (including phenoxy) is 3. The van der Waals surface area contributed by atoms with Crippen molar-refractivity contribution in [3.8, 4) is 17.2 Å². The number of carbonyl (C=O) groups excluding carboxylic acids is 2. The van der Waals surface area contributed by atoms with Gasteiger partial charge in [-0.25, -0.2) is 0 Å². The SMILES string of the molecule is CCOc1ccc(OCC(=O)Nc2ccc3c(c2)OC(C)C(=O)N3C)cc1. The normalized spacial score (nSPS) is 15.6. The van der Waals surface area contributed by atoms with Crippen molar-refractivity contribution in [2.45, 2.75) is 20.0 Å². The predicted molar refractivity (Wildman–Crippen MR) is 102 cm³/mol. The van der Waals surface area contributed by atoms with Gasteiger partial charge in [0, 0.05) is 18.8 Å². The molecule has 1 unspecified atom stereocenters. The van der Waals surface area contributed by atoms with Crippen molar-refractivity contribution in [3.05, 3.63) is 42.5 Å². The first-order valence-corrected chi connectivity index (χ1v) is 8.71. The molecule has 0 aromatic heterocycles. The van der Waals surface area contributed by atoms with Crippen molar-refractivity contribution >= 4 is 23.2 Å². The zero-order valence-corrected chi connectivity index (χ0v) is 15.5. The third-order valence-electron chi connectivity index (χ3n) is 4.09. The minimum absolute atomic E-state index is 0.108. The Morgan fingerprint density at radius 2 is 1.81 bits per heavy atom. The summed E-state index contributed by atoms with van der Waals surface area (Å²) in [6.45, 7) is 4.07. The molecule has 1 aliphatic rings. The van der Waals surface area contributed by atoms with E-state index in [4.69, 9.17) is 14.2 Å². The molecule has 0 radical (unpaired) electrons. The molecule has 142 valence electrons. The molecule has 2 aromatic rings. The lowest BCUT2D eigenvalue weighted by molar-refractivity contribution is -0.125. The zero-order valence-electron chi connectivity index (χ0n) is 15.5. The minimum Gasteiger partial charge on any atom is -0.494 e. The van der Waals surface area contributed by atoms with Crippen LogP contribution in [0, 0.1) is 0 Å². The molecule has 0 bridgehead atoms. The van der Waals surface area contributed by atoms with Crippen LogP contribution in [0.5, 0.6) is 17.2 Å².